The lowest BCUT2D eigenvalue weighted by atomic mass is 9.80. The molecule has 16 heavy (non-hydrogen) atoms. The maximum absolute atomic E-state index is 5.56. The summed E-state index contributed by atoms with van der Waals surface area (Å²) in [6.45, 7) is 6.11. The largest absolute Gasteiger partial charge is 0.378 e. The van der Waals surface area contributed by atoms with Gasteiger partial charge in [-0.15, -0.1) is 10.2 Å². The normalized spacial score (nSPS) is 24.4. The van der Waals surface area contributed by atoms with E-state index in [-0.39, 0.29) is 0 Å². The lowest BCUT2D eigenvalue weighted by Crippen LogP contribution is -2.33. The third kappa shape index (κ3) is 2.61. The van der Waals surface area contributed by atoms with Gasteiger partial charge in [0.2, 0.25) is 0 Å². The van der Waals surface area contributed by atoms with E-state index in [1.165, 1.54) is 12.8 Å². The molecule has 0 N–H and O–H groups in total. The second-order valence-electron chi connectivity index (χ2n) is 4.56. The number of aromatic nitrogens is 3. The third-order valence-corrected chi connectivity index (χ3v) is 3.23. The minimum atomic E-state index is 0.498. The fourth-order valence-electron chi connectivity index (χ4n) is 2.34. The molecule has 1 saturated carbocycles. The number of ether oxygens (including phenoxy) is 1. The van der Waals surface area contributed by atoms with Crippen molar-refractivity contribution in [3.63, 3.8) is 0 Å². The van der Waals surface area contributed by atoms with Crippen LogP contribution in [-0.2, 0) is 17.7 Å². The van der Waals surface area contributed by atoms with Crippen LogP contribution in [0.4, 0.5) is 0 Å². The van der Waals surface area contributed by atoms with Crippen LogP contribution in [0.25, 0.3) is 0 Å². The molecule has 1 aliphatic carbocycles. The molecule has 4 nitrogen and oxygen atoms in total. The minimum absolute atomic E-state index is 0.498. The van der Waals surface area contributed by atoms with Gasteiger partial charge < -0.3 is 9.30 Å². The molecule has 0 amide bonds. The Bertz CT molecular complexity index is 318. The van der Waals surface area contributed by atoms with Crippen LogP contribution in [0, 0.1) is 5.92 Å². The molecule has 0 unspecified atom stereocenters. The summed E-state index contributed by atoms with van der Waals surface area (Å²) in [5.74, 6) is 1.89. The Morgan fingerprint density at radius 3 is 2.94 bits per heavy atom. The number of rotatable bonds is 6. The van der Waals surface area contributed by atoms with E-state index in [0.29, 0.717) is 6.10 Å². The molecule has 0 spiro atoms. The maximum Gasteiger partial charge on any atom is 0.133 e. The SMILES string of the molecule is CCCn1cnnc1CC1CC(OCC)C1. The first kappa shape index (κ1) is 11.6. The van der Waals surface area contributed by atoms with E-state index in [1.807, 2.05) is 6.33 Å². The number of hydrogen-bond donors (Lipinski definition) is 0. The van der Waals surface area contributed by atoms with Crippen molar-refractivity contribution in [1.82, 2.24) is 14.8 Å². The van der Waals surface area contributed by atoms with Gasteiger partial charge in [-0.2, -0.15) is 0 Å². The topological polar surface area (TPSA) is 39.9 Å². The Morgan fingerprint density at radius 2 is 2.25 bits per heavy atom. The summed E-state index contributed by atoms with van der Waals surface area (Å²) in [6, 6.07) is 0. The molecular formula is C12H21N3O. The smallest absolute Gasteiger partial charge is 0.133 e. The zero-order valence-electron chi connectivity index (χ0n) is 10.2. The second-order valence-corrected chi connectivity index (χ2v) is 4.56. The summed E-state index contributed by atoms with van der Waals surface area (Å²) in [6.07, 6.45) is 6.91. The van der Waals surface area contributed by atoms with E-state index < -0.39 is 0 Å². The maximum atomic E-state index is 5.56. The average Bonchev–Trinajstić information content (AvgIpc) is 2.63. The summed E-state index contributed by atoms with van der Waals surface area (Å²) in [7, 11) is 0. The van der Waals surface area contributed by atoms with Crippen molar-refractivity contribution in [2.75, 3.05) is 6.61 Å². The molecule has 0 saturated heterocycles. The van der Waals surface area contributed by atoms with Gasteiger partial charge in [0.25, 0.3) is 0 Å². The van der Waals surface area contributed by atoms with E-state index in [4.69, 9.17) is 4.74 Å². The molecule has 4 heteroatoms. The summed E-state index contributed by atoms with van der Waals surface area (Å²) >= 11 is 0. The van der Waals surface area contributed by atoms with Gasteiger partial charge in [-0.3, -0.25) is 0 Å². The van der Waals surface area contributed by atoms with Crippen LogP contribution in [0.1, 0.15) is 38.9 Å². The van der Waals surface area contributed by atoms with Crippen molar-refractivity contribution in [3.8, 4) is 0 Å². The van der Waals surface area contributed by atoms with E-state index in [0.717, 1.165) is 37.7 Å². The van der Waals surface area contributed by atoms with Crippen molar-refractivity contribution in [2.45, 2.75) is 52.2 Å². The highest BCUT2D eigenvalue weighted by Gasteiger charge is 2.30. The lowest BCUT2D eigenvalue weighted by Gasteiger charge is -2.34. The third-order valence-electron chi connectivity index (χ3n) is 3.23. The molecule has 1 fully saturated rings. The van der Waals surface area contributed by atoms with Crippen molar-refractivity contribution in [3.05, 3.63) is 12.2 Å². The van der Waals surface area contributed by atoms with E-state index >= 15 is 0 Å². The first-order valence-corrected chi connectivity index (χ1v) is 6.31. The number of aryl methyl sites for hydroxylation is 1. The van der Waals surface area contributed by atoms with Crippen molar-refractivity contribution < 1.29 is 4.74 Å². The van der Waals surface area contributed by atoms with Crippen molar-refractivity contribution in [2.24, 2.45) is 5.92 Å². The first-order valence-electron chi connectivity index (χ1n) is 6.31. The van der Waals surface area contributed by atoms with Gasteiger partial charge in [-0.05, 0) is 32.1 Å². The molecule has 0 atom stereocenters. The van der Waals surface area contributed by atoms with Crippen molar-refractivity contribution >= 4 is 0 Å². The Labute approximate surface area is 97.0 Å². The molecule has 1 aromatic rings. The predicted octanol–water partition coefficient (Wildman–Crippen LogP) is 2.05. The average molecular weight is 223 g/mol. The van der Waals surface area contributed by atoms with Crippen LogP contribution >= 0.6 is 0 Å². The van der Waals surface area contributed by atoms with Gasteiger partial charge in [0.15, 0.2) is 0 Å². The van der Waals surface area contributed by atoms with Crippen LogP contribution in [0.2, 0.25) is 0 Å². The van der Waals surface area contributed by atoms with Gasteiger partial charge in [0.05, 0.1) is 6.10 Å². The van der Waals surface area contributed by atoms with Gasteiger partial charge in [-0.25, -0.2) is 0 Å². The van der Waals surface area contributed by atoms with Gasteiger partial charge >= 0.3 is 0 Å². The predicted molar refractivity (Wildman–Crippen MR) is 62.2 cm³/mol. The zero-order chi connectivity index (χ0) is 11.4. The molecule has 1 aliphatic rings. The molecule has 0 radical (unpaired) electrons. The van der Waals surface area contributed by atoms with E-state index in [9.17, 15) is 0 Å². The fraction of sp³-hybridized carbons (Fsp3) is 0.833. The van der Waals surface area contributed by atoms with Gasteiger partial charge in [0, 0.05) is 19.6 Å². The Balaban J connectivity index is 1.79. The molecular weight excluding hydrogens is 202 g/mol. The summed E-state index contributed by atoms with van der Waals surface area (Å²) in [4.78, 5) is 0. The lowest BCUT2D eigenvalue weighted by molar-refractivity contribution is -0.0247. The van der Waals surface area contributed by atoms with Gasteiger partial charge in [-0.1, -0.05) is 6.92 Å². The van der Waals surface area contributed by atoms with Crippen LogP contribution in [0.15, 0.2) is 6.33 Å². The minimum Gasteiger partial charge on any atom is -0.378 e. The first-order chi connectivity index (χ1) is 7.83. The van der Waals surface area contributed by atoms with E-state index in [1.54, 1.807) is 0 Å². The number of hydrogen-bond acceptors (Lipinski definition) is 3. The Hall–Kier alpha value is -0.900. The molecule has 2 rings (SSSR count). The highest BCUT2D eigenvalue weighted by molar-refractivity contribution is 4.93. The Morgan fingerprint density at radius 1 is 1.44 bits per heavy atom. The van der Waals surface area contributed by atoms with Crippen LogP contribution in [-0.4, -0.2) is 27.5 Å². The molecule has 1 aromatic heterocycles. The summed E-state index contributed by atoms with van der Waals surface area (Å²) in [5, 5.41) is 8.19. The van der Waals surface area contributed by atoms with Crippen LogP contribution < -0.4 is 0 Å². The zero-order valence-corrected chi connectivity index (χ0v) is 10.2. The molecule has 1 heterocycles. The Kier molecular flexibility index (Phi) is 3.93. The molecule has 0 aromatic carbocycles. The molecule has 90 valence electrons. The molecule has 0 bridgehead atoms. The quantitative estimate of drug-likeness (QED) is 0.741. The monoisotopic (exact) mass is 223 g/mol. The summed E-state index contributed by atoms with van der Waals surface area (Å²) < 4.78 is 7.74. The summed E-state index contributed by atoms with van der Waals surface area (Å²) in [5.41, 5.74) is 0. The van der Waals surface area contributed by atoms with Crippen LogP contribution in [0.5, 0.6) is 0 Å². The highest BCUT2D eigenvalue weighted by Crippen LogP contribution is 2.32. The fourth-order valence-corrected chi connectivity index (χ4v) is 2.34. The van der Waals surface area contributed by atoms with Crippen LogP contribution in [0.3, 0.4) is 0 Å². The number of nitrogens with zero attached hydrogens (tertiary/aromatic N) is 3. The van der Waals surface area contributed by atoms with Gasteiger partial charge in [0.1, 0.15) is 12.2 Å². The standard InChI is InChI=1S/C12H21N3O/c1-3-5-15-9-13-14-12(15)8-10-6-11(7-10)16-4-2/h9-11H,3-8H2,1-2H3. The highest BCUT2D eigenvalue weighted by atomic mass is 16.5. The second kappa shape index (κ2) is 5.43. The van der Waals surface area contributed by atoms with E-state index in [2.05, 4.69) is 28.6 Å². The van der Waals surface area contributed by atoms with Crippen molar-refractivity contribution in [1.29, 1.82) is 0 Å². The molecule has 0 aliphatic heterocycles.